The largest absolute Gasteiger partial charge is 0.508 e. The second-order valence-electron chi connectivity index (χ2n) is 5.63. The van der Waals surface area contributed by atoms with Crippen LogP contribution in [0.5, 0.6) is 23.0 Å². The molecule has 0 radical (unpaired) electrons. The summed E-state index contributed by atoms with van der Waals surface area (Å²) in [6, 6.07) is 7.59. The van der Waals surface area contributed by atoms with E-state index < -0.39 is 24.9 Å². The Hall–Kier alpha value is -2.93. The van der Waals surface area contributed by atoms with E-state index in [9.17, 15) is 29.9 Å². The summed E-state index contributed by atoms with van der Waals surface area (Å²) in [6.45, 7) is 0. The Labute approximate surface area is 146 Å². The fourth-order valence-electron chi connectivity index (χ4n) is 2.32. The van der Waals surface area contributed by atoms with Crippen LogP contribution in [-0.4, -0.2) is 37.8 Å². The van der Waals surface area contributed by atoms with E-state index in [1.807, 2.05) is 0 Å². The van der Waals surface area contributed by atoms with Crippen LogP contribution < -0.4 is 10.2 Å². The van der Waals surface area contributed by atoms with Gasteiger partial charge in [-0.2, -0.15) is 0 Å². The van der Waals surface area contributed by atoms with Crippen LogP contribution in [-0.2, 0) is 0 Å². The third-order valence-corrected chi connectivity index (χ3v) is 4.03. The maximum atomic E-state index is 12.8. The number of phenols is 3. The molecule has 0 aliphatic carbocycles. The molecule has 136 valence electrons. The van der Waals surface area contributed by atoms with Crippen LogP contribution in [0.3, 0.4) is 0 Å². The zero-order valence-electron chi connectivity index (χ0n) is 13.3. The molecule has 0 amide bonds. The number of benzene rings is 2. The number of hydrogen-bond donors (Lipinski definition) is 5. The first kappa shape index (κ1) is 17.9. The Morgan fingerprint density at radius 3 is 2.42 bits per heavy atom. The molecule has 2 aromatic carbocycles. The molecule has 0 fully saturated rings. The molecule has 0 aliphatic heterocycles. The lowest BCUT2D eigenvalue weighted by Gasteiger charge is -2.15. The molecule has 26 heavy (non-hydrogen) atoms. The van der Waals surface area contributed by atoms with Gasteiger partial charge in [0.15, 0.2) is 23.6 Å². The van der Waals surface area contributed by atoms with Crippen molar-refractivity contribution in [1.29, 1.82) is 0 Å². The van der Waals surface area contributed by atoms with Gasteiger partial charge in [-0.3, -0.25) is 4.79 Å². The molecule has 0 unspecified atom stereocenters. The van der Waals surface area contributed by atoms with E-state index in [0.29, 0.717) is 0 Å². The summed E-state index contributed by atoms with van der Waals surface area (Å²) in [5, 5.41) is 28.9. The van der Waals surface area contributed by atoms with Crippen molar-refractivity contribution < 1.29 is 34.3 Å². The Kier molecular flexibility index (Phi) is 4.41. The van der Waals surface area contributed by atoms with Gasteiger partial charge in [0.2, 0.25) is 11.2 Å². The summed E-state index contributed by atoms with van der Waals surface area (Å²) >= 11 is 0. The standard InChI is InChI=1S/C17H15O8P/c1-26(22,23)8-24-17-15(21)11-4-3-10(18)7-14(11)25-16(17)9-2-5-12(19)13(20)6-9/h2-7,18-20,22-23H,1,8H2. The number of ether oxygens (including phenoxy) is 1. The highest BCUT2D eigenvalue weighted by molar-refractivity contribution is 7.62. The lowest BCUT2D eigenvalue weighted by Crippen LogP contribution is -2.11. The van der Waals surface area contributed by atoms with Crippen molar-refractivity contribution in [3.05, 3.63) is 46.6 Å². The van der Waals surface area contributed by atoms with Gasteiger partial charge in [-0.05, 0) is 36.6 Å². The molecule has 5 N–H and O–H groups in total. The van der Waals surface area contributed by atoms with Gasteiger partial charge in [0, 0.05) is 11.6 Å². The van der Waals surface area contributed by atoms with Gasteiger partial charge in [-0.25, -0.2) is 0 Å². The lowest BCUT2D eigenvalue weighted by atomic mass is 10.1. The molecule has 3 aromatic rings. The summed E-state index contributed by atoms with van der Waals surface area (Å²) < 4.78 is 10.9. The number of hydrogen-bond acceptors (Lipinski definition) is 8. The van der Waals surface area contributed by atoms with Crippen molar-refractivity contribution in [1.82, 2.24) is 0 Å². The zero-order valence-corrected chi connectivity index (χ0v) is 14.2. The van der Waals surface area contributed by atoms with E-state index in [1.54, 1.807) is 0 Å². The molecule has 0 atom stereocenters. The highest BCUT2D eigenvalue weighted by Gasteiger charge is 2.20. The molecule has 8 nitrogen and oxygen atoms in total. The monoisotopic (exact) mass is 378 g/mol. The van der Waals surface area contributed by atoms with E-state index in [-0.39, 0.29) is 39.5 Å². The van der Waals surface area contributed by atoms with Gasteiger partial charge < -0.3 is 34.3 Å². The predicted octanol–water partition coefficient (Wildman–Crippen LogP) is 2.18. The minimum Gasteiger partial charge on any atom is -0.508 e. The third-order valence-electron chi connectivity index (χ3n) is 3.49. The first-order chi connectivity index (χ1) is 12.2. The van der Waals surface area contributed by atoms with Crippen LogP contribution in [0.4, 0.5) is 0 Å². The third kappa shape index (κ3) is 3.52. The molecule has 1 heterocycles. The molecule has 1 aromatic heterocycles. The molecular weight excluding hydrogens is 363 g/mol. The quantitative estimate of drug-likeness (QED) is 0.344. The molecule has 0 aliphatic rings. The smallest absolute Gasteiger partial charge is 0.235 e. The van der Waals surface area contributed by atoms with Gasteiger partial charge in [0.25, 0.3) is 0 Å². The molecule has 9 heteroatoms. The van der Waals surface area contributed by atoms with E-state index in [0.717, 1.165) is 6.07 Å². The summed E-state index contributed by atoms with van der Waals surface area (Å²) in [5.74, 6) is -1.37. The normalized spacial score (nSPS) is 11.6. The Morgan fingerprint density at radius 2 is 1.77 bits per heavy atom. The topological polar surface area (TPSA) is 141 Å². The van der Waals surface area contributed by atoms with Crippen molar-refractivity contribution in [3.63, 3.8) is 0 Å². The summed E-state index contributed by atoms with van der Waals surface area (Å²) in [4.78, 5) is 31.7. The van der Waals surface area contributed by atoms with Crippen molar-refractivity contribution in [2.75, 3.05) is 6.35 Å². The summed E-state index contributed by atoms with van der Waals surface area (Å²) in [6.07, 6.45) is 2.56. The van der Waals surface area contributed by atoms with E-state index in [1.165, 1.54) is 30.3 Å². The van der Waals surface area contributed by atoms with Crippen LogP contribution in [0.25, 0.3) is 22.3 Å². The molecule has 0 bridgehead atoms. The van der Waals surface area contributed by atoms with Gasteiger partial charge in [-0.1, -0.05) is 0 Å². The predicted molar refractivity (Wildman–Crippen MR) is 96.9 cm³/mol. The molecular formula is C17H15O8P. The Morgan fingerprint density at radius 1 is 1.04 bits per heavy atom. The SMILES string of the molecule is C=P(O)(O)COc1c(-c2ccc(O)c(O)c2)oc2cc(O)ccc2c1=O. The van der Waals surface area contributed by atoms with Crippen LogP contribution in [0.2, 0.25) is 0 Å². The molecule has 0 spiro atoms. The molecule has 3 rings (SSSR count). The van der Waals surface area contributed by atoms with E-state index >= 15 is 0 Å². The summed E-state index contributed by atoms with van der Waals surface area (Å²) in [5.41, 5.74) is -0.350. The highest BCUT2D eigenvalue weighted by atomic mass is 31.2. The minimum atomic E-state index is -3.58. The van der Waals surface area contributed by atoms with Crippen LogP contribution in [0, 0.1) is 0 Å². The van der Waals surface area contributed by atoms with Gasteiger partial charge in [0.1, 0.15) is 18.7 Å². The second-order valence-corrected chi connectivity index (χ2v) is 7.64. The van der Waals surface area contributed by atoms with Crippen molar-refractivity contribution in [3.8, 4) is 34.3 Å². The number of fused-ring (bicyclic) bond motifs is 1. The van der Waals surface area contributed by atoms with Crippen LogP contribution in [0.1, 0.15) is 0 Å². The van der Waals surface area contributed by atoms with E-state index in [4.69, 9.17) is 9.15 Å². The Bertz CT molecular complexity index is 1100. The number of aromatic hydroxyl groups is 3. The van der Waals surface area contributed by atoms with Crippen molar-refractivity contribution >= 4 is 24.6 Å². The van der Waals surface area contributed by atoms with Crippen LogP contribution >= 0.6 is 7.34 Å². The maximum Gasteiger partial charge on any atom is 0.235 e. The lowest BCUT2D eigenvalue weighted by molar-refractivity contribution is 0.337. The Balaban J connectivity index is 2.28. The minimum absolute atomic E-state index is 0.0635. The van der Waals surface area contributed by atoms with Crippen molar-refractivity contribution in [2.24, 2.45) is 0 Å². The first-order valence-electron chi connectivity index (χ1n) is 7.28. The van der Waals surface area contributed by atoms with E-state index in [2.05, 4.69) is 6.30 Å². The maximum absolute atomic E-state index is 12.8. The molecule has 0 saturated heterocycles. The highest BCUT2D eigenvalue weighted by Crippen LogP contribution is 2.39. The number of phenolic OH excluding ortho intramolecular Hbond substituents is 3. The average Bonchev–Trinajstić information content (AvgIpc) is 2.55. The average molecular weight is 378 g/mol. The van der Waals surface area contributed by atoms with Gasteiger partial charge >= 0.3 is 0 Å². The van der Waals surface area contributed by atoms with Crippen molar-refractivity contribution in [2.45, 2.75) is 0 Å². The van der Waals surface area contributed by atoms with Gasteiger partial charge in [-0.15, -0.1) is 0 Å². The zero-order chi connectivity index (χ0) is 19.1. The second kappa shape index (κ2) is 6.42. The molecule has 0 saturated carbocycles. The van der Waals surface area contributed by atoms with Gasteiger partial charge in [0.05, 0.1) is 5.39 Å². The first-order valence-corrected chi connectivity index (χ1v) is 9.35. The fourth-order valence-corrected chi connectivity index (χ4v) is 2.65. The summed E-state index contributed by atoms with van der Waals surface area (Å²) in [7, 11) is -3.58. The fraction of sp³-hybridized carbons (Fsp3) is 0.0588. The van der Waals surface area contributed by atoms with Crippen LogP contribution in [0.15, 0.2) is 45.6 Å². The number of rotatable bonds is 4.